The van der Waals surface area contributed by atoms with E-state index < -0.39 is 0 Å². The van der Waals surface area contributed by atoms with Gasteiger partial charge in [0, 0.05) is 13.0 Å². The van der Waals surface area contributed by atoms with Gasteiger partial charge in [-0.05, 0) is 41.2 Å². The number of imidazole rings is 2. The number of fused-ring (bicyclic) bond motifs is 3. The number of hydrogen-bond donors (Lipinski definition) is 2. The number of H-pyrrole nitrogens is 1. The minimum atomic E-state index is 0.638. The molecule has 0 saturated carbocycles. The molecule has 6 heteroatoms. The number of nitrogens with zero attached hydrogens (tertiary/aromatic N) is 3. The Morgan fingerprint density at radius 1 is 1.53 bits per heavy atom. The minimum Gasteiger partial charge on any atom is -0.326 e. The summed E-state index contributed by atoms with van der Waals surface area (Å²) in [6.07, 6.45) is 0.889. The molecule has 0 aliphatic heterocycles. The SMILES string of the molecule is CNCCc1[nH]c2nc3ccc(C#N)cc3n2c1Br. The maximum Gasteiger partial charge on any atom is 0.213 e. The first-order valence-corrected chi connectivity index (χ1v) is 6.77. The Kier molecular flexibility index (Phi) is 3.01. The average molecular weight is 318 g/mol. The van der Waals surface area contributed by atoms with E-state index in [0.717, 1.165) is 40.1 Å². The number of nitriles is 1. The second-order valence-electron chi connectivity index (χ2n) is 4.33. The van der Waals surface area contributed by atoms with Crippen LogP contribution in [0.25, 0.3) is 16.8 Å². The van der Waals surface area contributed by atoms with Crippen LogP contribution in [0, 0.1) is 11.3 Å². The molecule has 0 aliphatic rings. The van der Waals surface area contributed by atoms with E-state index in [1.165, 1.54) is 0 Å². The second kappa shape index (κ2) is 4.68. The Bertz CT molecular complexity index is 793. The van der Waals surface area contributed by atoms with Crippen molar-refractivity contribution in [3.63, 3.8) is 0 Å². The third kappa shape index (κ3) is 1.91. The predicted molar refractivity (Wildman–Crippen MR) is 77.1 cm³/mol. The monoisotopic (exact) mass is 317 g/mol. The highest BCUT2D eigenvalue weighted by molar-refractivity contribution is 9.10. The number of benzene rings is 1. The molecule has 2 aromatic heterocycles. The molecular weight excluding hydrogens is 306 g/mol. The normalized spacial score (nSPS) is 11.2. The molecule has 2 heterocycles. The van der Waals surface area contributed by atoms with E-state index in [2.05, 4.69) is 37.3 Å². The Hall–Kier alpha value is -1.84. The van der Waals surface area contributed by atoms with Gasteiger partial charge < -0.3 is 10.3 Å². The number of aromatic nitrogens is 3. The zero-order chi connectivity index (χ0) is 13.4. The van der Waals surface area contributed by atoms with Crippen LogP contribution in [0.5, 0.6) is 0 Å². The van der Waals surface area contributed by atoms with E-state index in [1.54, 1.807) is 6.07 Å². The van der Waals surface area contributed by atoms with Crippen molar-refractivity contribution in [3.05, 3.63) is 34.1 Å². The van der Waals surface area contributed by atoms with Gasteiger partial charge in [-0.25, -0.2) is 4.98 Å². The molecule has 19 heavy (non-hydrogen) atoms. The quantitative estimate of drug-likeness (QED) is 0.778. The van der Waals surface area contributed by atoms with Crippen LogP contribution in [0.3, 0.4) is 0 Å². The Balaban J connectivity index is 2.23. The molecule has 96 valence electrons. The van der Waals surface area contributed by atoms with E-state index in [-0.39, 0.29) is 0 Å². The molecule has 0 atom stereocenters. The fourth-order valence-corrected chi connectivity index (χ4v) is 2.82. The molecule has 0 unspecified atom stereocenters. The van der Waals surface area contributed by atoms with Crippen molar-refractivity contribution < 1.29 is 0 Å². The van der Waals surface area contributed by atoms with E-state index in [0.29, 0.717) is 5.56 Å². The standard InChI is InChI=1S/C13H12BrN5/c1-16-5-4-10-12(14)19-11-6-8(7-15)2-3-9(11)17-13(19)18-10/h2-3,6,16H,4-5H2,1H3,(H,17,18). The van der Waals surface area contributed by atoms with Crippen LogP contribution in [0.1, 0.15) is 11.3 Å². The van der Waals surface area contributed by atoms with Crippen molar-refractivity contribution >= 4 is 32.7 Å². The molecule has 1 aromatic carbocycles. The Morgan fingerprint density at radius 2 is 2.37 bits per heavy atom. The number of nitrogens with one attached hydrogen (secondary N) is 2. The summed E-state index contributed by atoms with van der Waals surface area (Å²) in [5.74, 6) is 0.795. The maximum absolute atomic E-state index is 8.99. The number of aromatic amines is 1. The number of likely N-dealkylation sites (N-methyl/N-ethyl adjacent to an activating group) is 1. The van der Waals surface area contributed by atoms with Crippen molar-refractivity contribution in [2.45, 2.75) is 6.42 Å². The van der Waals surface area contributed by atoms with Crippen molar-refractivity contribution in [2.24, 2.45) is 0 Å². The van der Waals surface area contributed by atoms with Gasteiger partial charge in [0.05, 0.1) is 28.4 Å². The molecule has 0 amide bonds. The van der Waals surface area contributed by atoms with Gasteiger partial charge >= 0.3 is 0 Å². The van der Waals surface area contributed by atoms with Crippen LogP contribution in [0.4, 0.5) is 0 Å². The molecule has 0 saturated heterocycles. The molecule has 3 aromatic rings. The summed E-state index contributed by atoms with van der Waals surface area (Å²) >= 11 is 3.61. The van der Waals surface area contributed by atoms with Crippen molar-refractivity contribution in [3.8, 4) is 6.07 Å². The third-order valence-corrected chi connectivity index (χ3v) is 3.95. The zero-order valence-corrected chi connectivity index (χ0v) is 12.0. The summed E-state index contributed by atoms with van der Waals surface area (Å²) < 4.78 is 2.97. The van der Waals surface area contributed by atoms with Gasteiger partial charge in [0.2, 0.25) is 5.78 Å². The summed E-state index contributed by atoms with van der Waals surface area (Å²) in [5, 5.41) is 12.1. The fraction of sp³-hybridized carbons (Fsp3) is 0.231. The summed E-state index contributed by atoms with van der Waals surface area (Å²) in [4.78, 5) is 7.84. The Morgan fingerprint density at radius 3 is 3.11 bits per heavy atom. The first-order chi connectivity index (χ1) is 9.24. The zero-order valence-electron chi connectivity index (χ0n) is 10.4. The lowest BCUT2D eigenvalue weighted by atomic mass is 10.2. The predicted octanol–water partition coefficient (Wildman–Crippen LogP) is 2.21. The molecule has 0 aliphatic carbocycles. The van der Waals surface area contributed by atoms with Gasteiger partial charge in [-0.2, -0.15) is 5.26 Å². The summed E-state index contributed by atoms with van der Waals surface area (Å²) in [5.41, 5.74) is 3.55. The van der Waals surface area contributed by atoms with E-state index in [4.69, 9.17) is 5.26 Å². The summed E-state index contributed by atoms with van der Waals surface area (Å²) in [6.45, 7) is 0.893. The number of rotatable bonds is 3. The Labute approximate surface area is 118 Å². The molecular formula is C13H12BrN5. The first-order valence-electron chi connectivity index (χ1n) is 5.98. The van der Waals surface area contributed by atoms with Gasteiger partial charge in [-0.1, -0.05) is 0 Å². The van der Waals surface area contributed by atoms with Gasteiger partial charge in [0.15, 0.2) is 0 Å². The largest absolute Gasteiger partial charge is 0.326 e. The van der Waals surface area contributed by atoms with Crippen LogP contribution >= 0.6 is 15.9 Å². The van der Waals surface area contributed by atoms with E-state index in [9.17, 15) is 0 Å². The first kappa shape index (κ1) is 12.2. The number of hydrogen-bond acceptors (Lipinski definition) is 3. The van der Waals surface area contributed by atoms with Crippen LogP contribution in [-0.2, 0) is 6.42 Å². The highest BCUT2D eigenvalue weighted by Crippen LogP contribution is 2.25. The lowest BCUT2D eigenvalue weighted by Crippen LogP contribution is -2.10. The summed E-state index contributed by atoms with van der Waals surface area (Å²) in [6, 6.07) is 7.67. The molecule has 2 N–H and O–H groups in total. The molecule has 0 fully saturated rings. The second-order valence-corrected chi connectivity index (χ2v) is 5.09. The lowest BCUT2D eigenvalue weighted by molar-refractivity contribution is 0.777. The molecule has 0 spiro atoms. The van der Waals surface area contributed by atoms with E-state index in [1.807, 2.05) is 23.6 Å². The summed E-state index contributed by atoms with van der Waals surface area (Å²) in [7, 11) is 1.93. The van der Waals surface area contributed by atoms with Crippen LogP contribution in [0.2, 0.25) is 0 Å². The molecule has 3 rings (SSSR count). The van der Waals surface area contributed by atoms with Crippen molar-refractivity contribution in [1.82, 2.24) is 19.7 Å². The highest BCUT2D eigenvalue weighted by Gasteiger charge is 2.14. The van der Waals surface area contributed by atoms with Gasteiger partial charge in [0.1, 0.15) is 4.60 Å². The number of halogens is 1. The smallest absolute Gasteiger partial charge is 0.213 e. The van der Waals surface area contributed by atoms with Crippen LogP contribution < -0.4 is 5.32 Å². The third-order valence-electron chi connectivity index (χ3n) is 3.12. The van der Waals surface area contributed by atoms with Gasteiger partial charge in [-0.3, -0.25) is 4.40 Å². The minimum absolute atomic E-state index is 0.638. The fourth-order valence-electron chi connectivity index (χ4n) is 2.16. The van der Waals surface area contributed by atoms with Gasteiger partial charge in [-0.15, -0.1) is 0 Å². The average Bonchev–Trinajstić information content (AvgIpc) is 2.93. The molecule has 0 bridgehead atoms. The van der Waals surface area contributed by atoms with Gasteiger partial charge in [0.25, 0.3) is 0 Å². The molecule has 5 nitrogen and oxygen atoms in total. The highest BCUT2D eigenvalue weighted by atomic mass is 79.9. The maximum atomic E-state index is 8.99. The van der Waals surface area contributed by atoms with E-state index >= 15 is 0 Å². The topological polar surface area (TPSA) is 68.9 Å². The van der Waals surface area contributed by atoms with Crippen LogP contribution in [0.15, 0.2) is 22.8 Å². The molecule has 0 radical (unpaired) electrons. The lowest BCUT2D eigenvalue weighted by Gasteiger charge is -1.98. The van der Waals surface area contributed by atoms with Crippen molar-refractivity contribution in [1.29, 1.82) is 5.26 Å². The van der Waals surface area contributed by atoms with Crippen molar-refractivity contribution in [2.75, 3.05) is 13.6 Å². The van der Waals surface area contributed by atoms with Crippen LogP contribution in [-0.4, -0.2) is 28.0 Å².